The third kappa shape index (κ3) is 2.87. The topological polar surface area (TPSA) is 48.1 Å². The molecule has 0 aliphatic rings. The van der Waals surface area contributed by atoms with E-state index in [0.717, 1.165) is 0 Å². The number of aromatic nitrogens is 1. The van der Waals surface area contributed by atoms with E-state index in [9.17, 15) is 4.39 Å². The van der Waals surface area contributed by atoms with Crippen LogP contribution in [0.25, 0.3) is 0 Å². The molecule has 0 atom stereocenters. The number of benzene rings is 1. The lowest BCUT2D eigenvalue weighted by molar-refractivity contribution is 0.456. The maximum Gasteiger partial charge on any atom is 0.221 e. The first kappa shape index (κ1) is 12.1. The van der Waals surface area contributed by atoms with E-state index in [1.807, 2.05) is 0 Å². The van der Waals surface area contributed by atoms with Gasteiger partial charge in [0.25, 0.3) is 0 Å². The fraction of sp³-hybridized carbons (Fsp3) is 0. The van der Waals surface area contributed by atoms with E-state index in [4.69, 9.17) is 22.1 Å². The fourth-order valence-corrected chi connectivity index (χ4v) is 1.90. The van der Waals surface area contributed by atoms with Crippen LogP contribution in [-0.4, -0.2) is 4.98 Å². The van der Waals surface area contributed by atoms with Crippen LogP contribution in [0, 0.1) is 5.82 Å². The predicted molar refractivity (Wildman–Crippen MR) is 67.8 cm³/mol. The highest BCUT2D eigenvalue weighted by Crippen LogP contribution is 2.33. The molecule has 0 radical (unpaired) electrons. The van der Waals surface area contributed by atoms with E-state index in [1.54, 1.807) is 18.2 Å². The molecule has 0 saturated carbocycles. The molecule has 88 valence electrons. The molecule has 0 fully saturated rings. The molecule has 2 aromatic rings. The van der Waals surface area contributed by atoms with Gasteiger partial charge in [-0.2, -0.15) is 4.98 Å². The normalized spacial score (nSPS) is 10.3. The number of pyridine rings is 1. The number of anilines is 1. The Morgan fingerprint density at radius 1 is 1.35 bits per heavy atom. The summed E-state index contributed by atoms with van der Waals surface area (Å²) in [5, 5.41) is 0.0183. The zero-order valence-electron chi connectivity index (χ0n) is 8.45. The first-order chi connectivity index (χ1) is 8.06. The quantitative estimate of drug-likeness (QED) is 0.851. The molecule has 0 amide bonds. The number of nitrogens with two attached hydrogens (primary N) is 1. The van der Waals surface area contributed by atoms with Gasteiger partial charge in [0.2, 0.25) is 5.88 Å². The monoisotopic (exact) mass is 316 g/mol. The van der Waals surface area contributed by atoms with Gasteiger partial charge in [-0.1, -0.05) is 17.7 Å². The molecule has 0 aliphatic heterocycles. The van der Waals surface area contributed by atoms with Crippen molar-refractivity contribution in [1.29, 1.82) is 0 Å². The van der Waals surface area contributed by atoms with Gasteiger partial charge in [0, 0.05) is 12.1 Å². The Kier molecular flexibility index (Phi) is 3.49. The molecular weight excluding hydrogens is 310 g/mol. The van der Waals surface area contributed by atoms with E-state index in [1.165, 1.54) is 12.1 Å². The van der Waals surface area contributed by atoms with Crippen LogP contribution in [0.3, 0.4) is 0 Å². The first-order valence-corrected chi connectivity index (χ1v) is 5.78. The summed E-state index contributed by atoms with van der Waals surface area (Å²) in [5.41, 5.74) is 5.51. The van der Waals surface area contributed by atoms with Crippen LogP contribution in [0.15, 0.2) is 34.8 Å². The molecule has 0 aliphatic carbocycles. The average molecular weight is 318 g/mol. The lowest BCUT2D eigenvalue weighted by Gasteiger charge is -2.08. The third-order valence-electron chi connectivity index (χ3n) is 1.93. The Labute approximate surface area is 110 Å². The summed E-state index contributed by atoms with van der Waals surface area (Å²) >= 11 is 8.84. The van der Waals surface area contributed by atoms with Crippen molar-refractivity contribution in [2.45, 2.75) is 0 Å². The van der Waals surface area contributed by atoms with Gasteiger partial charge >= 0.3 is 0 Å². The summed E-state index contributed by atoms with van der Waals surface area (Å²) in [7, 11) is 0. The number of halogens is 3. The molecule has 0 bridgehead atoms. The molecule has 6 heteroatoms. The van der Waals surface area contributed by atoms with Crippen molar-refractivity contribution in [2.24, 2.45) is 0 Å². The molecule has 2 N–H and O–H groups in total. The van der Waals surface area contributed by atoms with Crippen molar-refractivity contribution >= 4 is 33.3 Å². The van der Waals surface area contributed by atoms with Gasteiger partial charge < -0.3 is 10.5 Å². The van der Waals surface area contributed by atoms with Crippen LogP contribution >= 0.6 is 27.5 Å². The lowest BCUT2D eigenvalue weighted by Crippen LogP contribution is -1.94. The molecule has 0 unspecified atom stereocenters. The smallest absolute Gasteiger partial charge is 0.221 e. The van der Waals surface area contributed by atoms with Crippen molar-refractivity contribution in [3.05, 3.63) is 45.6 Å². The molecule has 0 spiro atoms. The van der Waals surface area contributed by atoms with Gasteiger partial charge in [0.15, 0.2) is 0 Å². The van der Waals surface area contributed by atoms with E-state index < -0.39 is 5.82 Å². The Bertz CT molecular complexity index is 565. The molecule has 17 heavy (non-hydrogen) atoms. The van der Waals surface area contributed by atoms with Gasteiger partial charge in [0.05, 0.1) is 9.50 Å². The van der Waals surface area contributed by atoms with E-state index in [-0.39, 0.29) is 16.7 Å². The van der Waals surface area contributed by atoms with Crippen LogP contribution in [-0.2, 0) is 0 Å². The molecule has 2 rings (SSSR count). The second-order valence-corrected chi connectivity index (χ2v) is 4.46. The second kappa shape index (κ2) is 4.89. The number of hydrogen-bond acceptors (Lipinski definition) is 3. The van der Waals surface area contributed by atoms with Crippen molar-refractivity contribution in [3.63, 3.8) is 0 Å². The summed E-state index contributed by atoms with van der Waals surface area (Å²) < 4.78 is 19.2. The van der Waals surface area contributed by atoms with Gasteiger partial charge in [-0.05, 0) is 28.1 Å². The summed E-state index contributed by atoms with van der Waals surface area (Å²) in [5.74, 6) is 0.333. The van der Waals surface area contributed by atoms with Crippen molar-refractivity contribution in [3.8, 4) is 11.6 Å². The fourth-order valence-electron chi connectivity index (χ4n) is 1.18. The SMILES string of the molecule is Nc1cccc(Oc2cc(F)c(Cl)cc2Br)n1. The summed E-state index contributed by atoms with van der Waals surface area (Å²) in [4.78, 5) is 3.94. The van der Waals surface area contributed by atoms with Crippen LogP contribution in [0.1, 0.15) is 0 Å². The largest absolute Gasteiger partial charge is 0.438 e. The van der Waals surface area contributed by atoms with Crippen LogP contribution < -0.4 is 10.5 Å². The van der Waals surface area contributed by atoms with E-state index in [2.05, 4.69) is 20.9 Å². The van der Waals surface area contributed by atoms with E-state index in [0.29, 0.717) is 10.3 Å². The Morgan fingerprint density at radius 3 is 2.82 bits per heavy atom. The van der Waals surface area contributed by atoms with Crippen LogP contribution in [0.4, 0.5) is 10.2 Å². The Morgan fingerprint density at radius 2 is 2.12 bits per heavy atom. The average Bonchev–Trinajstić information content (AvgIpc) is 2.26. The summed E-state index contributed by atoms with van der Waals surface area (Å²) in [6.07, 6.45) is 0. The first-order valence-electron chi connectivity index (χ1n) is 4.61. The van der Waals surface area contributed by atoms with Crippen LogP contribution in [0.5, 0.6) is 11.6 Å². The predicted octanol–water partition coefficient (Wildman–Crippen LogP) is 4.01. The lowest BCUT2D eigenvalue weighted by atomic mass is 10.3. The summed E-state index contributed by atoms with van der Waals surface area (Å²) in [6.45, 7) is 0. The molecule has 3 nitrogen and oxygen atoms in total. The molecule has 1 aromatic carbocycles. The van der Waals surface area contributed by atoms with Crippen molar-refractivity contribution in [1.82, 2.24) is 4.98 Å². The summed E-state index contributed by atoms with van der Waals surface area (Å²) in [6, 6.07) is 7.54. The van der Waals surface area contributed by atoms with Gasteiger partial charge in [0.1, 0.15) is 17.4 Å². The van der Waals surface area contributed by atoms with E-state index >= 15 is 0 Å². The maximum atomic E-state index is 13.3. The maximum absolute atomic E-state index is 13.3. The number of rotatable bonds is 2. The molecule has 1 aromatic heterocycles. The Hall–Kier alpha value is -1.33. The zero-order valence-corrected chi connectivity index (χ0v) is 10.8. The molecular formula is C11H7BrClFN2O. The molecule has 0 saturated heterocycles. The van der Waals surface area contributed by atoms with Gasteiger partial charge in [-0.25, -0.2) is 4.39 Å². The second-order valence-electron chi connectivity index (χ2n) is 3.20. The highest BCUT2D eigenvalue weighted by Gasteiger charge is 2.09. The number of hydrogen-bond donors (Lipinski definition) is 1. The standard InChI is InChI=1S/C11H7BrClFN2O/c12-6-4-7(13)8(14)5-9(6)17-11-3-1-2-10(15)16-11/h1-5H,(H2,15,16). The minimum atomic E-state index is -0.561. The Balaban J connectivity index is 2.33. The minimum Gasteiger partial charge on any atom is -0.438 e. The molecule has 1 heterocycles. The minimum absolute atomic E-state index is 0.0183. The highest BCUT2D eigenvalue weighted by atomic mass is 79.9. The van der Waals surface area contributed by atoms with Crippen molar-refractivity contribution in [2.75, 3.05) is 5.73 Å². The van der Waals surface area contributed by atoms with Crippen molar-refractivity contribution < 1.29 is 9.13 Å². The number of nitrogen functional groups attached to an aromatic ring is 1. The van der Waals surface area contributed by atoms with Gasteiger partial charge in [-0.15, -0.1) is 0 Å². The highest BCUT2D eigenvalue weighted by molar-refractivity contribution is 9.10. The van der Waals surface area contributed by atoms with Crippen LogP contribution in [0.2, 0.25) is 5.02 Å². The van der Waals surface area contributed by atoms with Gasteiger partial charge in [-0.3, -0.25) is 0 Å². The zero-order chi connectivity index (χ0) is 12.4. The third-order valence-corrected chi connectivity index (χ3v) is 2.84. The number of nitrogens with zero attached hydrogens (tertiary/aromatic N) is 1. The number of ether oxygens (including phenoxy) is 1.